The van der Waals surface area contributed by atoms with E-state index in [0.29, 0.717) is 25.7 Å². The number of nitrogens with one attached hydrogen (secondary N) is 3. The number of aliphatic hydroxyl groups excluding tert-OH is 1. The molecule has 0 bridgehead atoms. The Labute approximate surface area is 241 Å². The number of carbonyl (C=O) groups excluding carboxylic acids is 3. The molecule has 1 heterocycles. The number of hydrogen-bond acceptors (Lipinski definition) is 5. The molecule has 4 N–H and O–H groups in total. The molecule has 3 rings (SSSR count). The molecule has 0 aliphatic carbocycles. The highest BCUT2D eigenvalue weighted by atomic mass is 16.5. The number of unbranched alkanes of at least 4 members (excludes halogenated alkanes) is 1. The van der Waals surface area contributed by atoms with Crippen LogP contribution in [0.3, 0.4) is 0 Å². The number of ether oxygens (including phenoxy) is 1. The number of amides is 2. The Bertz CT molecular complexity index is 1290. The fourth-order valence-electron chi connectivity index (χ4n) is 4.75. The lowest BCUT2D eigenvalue weighted by Crippen LogP contribution is -2.45. The predicted molar refractivity (Wildman–Crippen MR) is 161 cm³/mol. The van der Waals surface area contributed by atoms with Crippen molar-refractivity contribution in [1.82, 2.24) is 15.6 Å². The van der Waals surface area contributed by atoms with Gasteiger partial charge in [-0.2, -0.15) is 0 Å². The quantitative estimate of drug-likeness (QED) is 0.105. The molecule has 218 valence electrons. The summed E-state index contributed by atoms with van der Waals surface area (Å²) in [4.78, 5) is 41.9. The number of H-pyrrole nitrogens is 1. The SMILES string of the molecule is C=CCCCC(=O)OC[C@H](Cc1c[nH]c2ccccc12)NC(=O)[C@H](CC=C)CC(=O)N[C@H](CO)Cc1ccccc1. The summed E-state index contributed by atoms with van der Waals surface area (Å²) in [5.74, 6) is -1.65. The third kappa shape index (κ3) is 10.4. The molecular weight excluding hydrogens is 518 g/mol. The standard InChI is InChI=1S/C33H41N3O5/c1-3-5-7-17-32(39)41-23-28(19-26-21-34-30-16-11-10-15-29(26)30)36-33(40)25(12-4-2)20-31(38)35-27(22-37)18-24-13-8-6-9-14-24/h3-4,6,8-11,13-16,21,25,27-28,34,37H,1-2,5,7,12,17-20,22-23H2,(H,35,38)(H,36,40)/t25-,27+,28+/m1/s1. The number of carbonyl (C=O) groups is 3. The zero-order valence-electron chi connectivity index (χ0n) is 23.5. The number of aromatic amines is 1. The average molecular weight is 560 g/mol. The smallest absolute Gasteiger partial charge is 0.305 e. The molecule has 2 amide bonds. The van der Waals surface area contributed by atoms with Crippen LogP contribution < -0.4 is 10.6 Å². The van der Waals surface area contributed by atoms with Crippen LogP contribution in [0.4, 0.5) is 0 Å². The number of aliphatic hydroxyl groups is 1. The molecule has 0 unspecified atom stereocenters. The van der Waals surface area contributed by atoms with E-state index in [1.807, 2.05) is 60.8 Å². The highest BCUT2D eigenvalue weighted by Crippen LogP contribution is 2.20. The number of hydrogen-bond donors (Lipinski definition) is 4. The van der Waals surface area contributed by atoms with Gasteiger partial charge in [0.15, 0.2) is 0 Å². The van der Waals surface area contributed by atoms with E-state index in [1.54, 1.807) is 12.2 Å². The van der Waals surface area contributed by atoms with Crippen molar-refractivity contribution in [2.45, 2.75) is 57.0 Å². The summed E-state index contributed by atoms with van der Waals surface area (Å²) in [6.07, 6.45) is 8.05. The molecule has 2 aromatic carbocycles. The zero-order valence-corrected chi connectivity index (χ0v) is 23.5. The zero-order chi connectivity index (χ0) is 29.5. The van der Waals surface area contributed by atoms with Crippen LogP contribution in [0, 0.1) is 5.92 Å². The molecule has 1 aromatic heterocycles. The third-order valence-electron chi connectivity index (χ3n) is 6.89. The largest absolute Gasteiger partial charge is 0.463 e. The van der Waals surface area contributed by atoms with Gasteiger partial charge >= 0.3 is 5.97 Å². The second-order valence-electron chi connectivity index (χ2n) is 10.2. The van der Waals surface area contributed by atoms with E-state index in [2.05, 4.69) is 28.8 Å². The number of rotatable bonds is 18. The molecule has 41 heavy (non-hydrogen) atoms. The first-order valence-electron chi connectivity index (χ1n) is 14.1. The molecule has 3 atom stereocenters. The molecule has 3 aromatic rings. The topological polar surface area (TPSA) is 121 Å². The maximum atomic E-state index is 13.4. The summed E-state index contributed by atoms with van der Waals surface area (Å²) >= 11 is 0. The molecular formula is C33H41N3O5. The Morgan fingerprint density at radius 2 is 1.71 bits per heavy atom. The average Bonchev–Trinajstić information content (AvgIpc) is 3.38. The van der Waals surface area contributed by atoms with E-state index in [1.165, 1.54) is 0 Å². The molecule has 8 heteroatoms. The van der Waals surface area contributed by atoms with Crippen molar-refractivity contribution >= 4 is 28.7 Å². The summed E-state index contributed by atoms with van der Waals surface area (Å²) in [6, 6.07) is 16.5. The Morgan fingerprint density at radius 3 is 2.44 bits per heavy atom. The minimum Gasteiger partial charge on any atom is -0.463 e. The lowest BCUT2D eigenvalue weighted by Gasteiger charge is -2.23. The predicted octanol–water partition coefficient (Wildman–Crippen LogP) is 4.40. The first-order chi connectivity index (χ1) is 19.9. The van der Waals surface area contributed by atoms with Gasteiger partial charge in [0, 0.05) is 29.9 Å². The fraction of sp³-hybridized carbons (Fsp3) is 0.364. The van der Waals surface area contributed by atoms with Crippen molar-refractivity contribution in [1.29, 1.82) is 0 Å². The summed E-state index contributed by atoms with van der Waals surface area (Å²) in [6.45, 7) is 7.22. The first-order valence-corrected chi connectivity index (χ1v) is 14.1. The van der Waals surface area contributed by atoms with Crippen LogP contribution >= 0.6 is 0 Å². The van der Waals surface area contributed by atoms with Crippen LogP contribution in [0.1, 0.15) is 43.2 Å². The molecule has 8 nitrogen and oxygen atoms in total. The monoisotopic (exact) mass is 559 g/mol. The number of para-hydroxylation sites is 1. The Morgan fingerprint density at radius 1 is 0.951 bits per heavy atom. The summed E-state index contributed by atoms with van der Waals surface area (Å²) < 4.78 is 5.53. The van der Waals surface area contributed by atoms with Crippen molar-refractivity contribution in [2.24, 2.45) is 5.92 Å². The summed E-state index contributed by atoms with van der Waals surface area (Å²) in [7, 11) is 0. The molecule has 0 aliphatic heterocycles. The Balaban J connectivity index is 1.66. The minimum absolute atomic E-state index is 0.00877. The van der Waals surface area contributed by atoms with Crippen LogP contribution in [0.2, 0.25) is 0 Å². The van der Waals surface area contributed by atoms with Gasteiger partial charge in [-0.1, -0.05) is 60.7 Å². The van der Waals surface area contributed by atoms with Crippen molar-refractivity contribution in [3.63, 3.8) is 0 Å². The van der Waals surface area contributed by atoms with Crippen LogP contribution in [0.25, 0.3) is 10.9 Å². The minimum atomic E-state index is -0.669. The van der Waals surface area contributed by atoms with Gasteiger partial charge in [-0.05, 0) is 49.3 Å². The van der Waals surface area contributed by atoms with E-state index in [4.69, 9.17) is 4.74 Å². The lowest BCUT2D eigenvalue weighted by atomic mass is 9.97. The van der Waals surface area contributed by atoms with E-state index >= 15 is 0 Å². The third-order valence-corrected chi connectivity index (χ3v) is 6.89. The van der Waals surface area contributed by atoms with E-state index in [9.17, 15) is 19.5 Å². The molecule has 0 aliphatic rings. The summed E-state index contributed by atoms with van der Waals surface area (Å²) in [5.41, 5.74) is 2.95. The number of fused-ring (bicyclic) bond motifs is 1. The number of aromatic nitrogens is 1. The van der Waals surface area contributed by atoms with Crippen molar-refractivity contribution in [2.75, 3.05) is 13.2 Å². The van der Waals surface area contributed by atoms with Crippen molar-refractivity contribution < 1.29 is 24.2 Å². The number of benzene rings is 2. The van der Waals surface area contributed by atoms with Crippen molar-refractivity contribution in [3.8, 4) is 0 Å². The highest BCUT2D eigenvalue weighted by Gasteiger charge is 2.26. The van der Waals surface area contributed by atoms with E-state index in [0.717, 1.165) is 28.5 Å². The Kier molecular flexibility index (Phi) is 12.9. The van der Waals surface area contributed by atoms with E-state index in [-0.39, 0.29) is 43.8 Å². The molecule has 0 saturated heterocycles. The molecule has 0 fully saturated rings. The molecule has 0 saturated carbocycles. The molecule has 0 spiro atoms. The van der Waals surface area contributed by atoms with Gasteiger partial charge in [0.1, 0.15) is 6.61 Å². The van der Waals surface area contributed by atoms with Gasteiger partial charge in [-0.25, -0.2) is 0 Å². The van der Waals surface area contributed by atoms with Gasteiger partial charge in [-0.15, -0.1) is 13.2 Å². The first kappa shape index (κ1) is 31.4. The normalized spacial score (nSPS) is 13.1. The maximum Gasteiger partial charge on any atom is 0.305 e. The summed E-state index contributed by atoms with van der Waals surface area (Å²) in [5, 5.41) is 16.7. The lowest BCUT2D eigenvalue weighted by molar-refractivity contribution is -0.145. The number of allylic oxidation sites excluding steroid dienone is 2. The van der Waals surface area contributed by atoms with Crippen LogP contribution in [0.15, 0.2) is 86.1 Å². The van der Waals surface area contributed by atoms with Crippen LogP contribution in [-0.4, -0.2) is 53.2 Å². The van der Waals surface area contributed by atoms with Gasteiger partial charge in [0.25, 0.3) is 0 Å². The van der Waals surface area contributed by atoms with Gasteiger partial charge in [-0.3, -0.25) is 14.4 Å². The maximum absolute atomic E-state index is 13.4. The van der Waals surface area contributed by atoms with Crippen molar-refractivity contribution in [3.05, 3.63) is 97.2 Å². The number of esters is 1. The Hall–Kier alpha value is -4.17. The van der Waals surface area contributed by atoms with Gasteiger partial charge in [0.2, 0.25) is 11.8 Å². The highest BCUT2D eigenvalue weighted by molar-refractivity contribution is 5.86. The fourth-order valence-corrected chi connectivity index (χ4v) is 4.75. The second-order valence-corrected chi connectivity index (χ2v) is 10.2. The molecule has 0 radical (unpaired) electrons. The van der Waals surface area contributed by atoms with Crippen LogP contribution in [-0.2, 0) is 32.0 Å². The van der Waals surface area contributed by atoms with E-state index < -0.39 is 18.0 Å². The van der Waals surface area contributed by atoms with Crippen LogP contribution in [0.5, 0.6) is 0 Å². The van der Waals surface area contributed by atoms with Gasteiger partial charge in [0.05, 0.1) is 24.6 Å². The second kappa shape index (κ2) is 16.8. The van der Waals surface area contributed by atoms with Gasteiger partial charge < -0.3 is 25.5 Å².